The first-order valence-corrected chi connectivity index (χ1v) is 6.59. The second-order valence-corrected chi connectivity index (χ2v) is 5.03. The van der Waals surface area contributed by atoms with Crippen LogP contribution in [-0.2, 0) is 6.42 Å². The molecule has 5 heteroatoms. The van der Waals surface area contributed by atoms with Crippen molar-refractivity contribution in [3.8, 4) is 0 Å². The van der Waals surface area contributed by atoms with Crippen molar-refractivity contribution in [2.75, 3.05) is 6.54 Å². The summed E-state index contributed by atoms with van der Waals surface area (Å²) >= 11 is 0. The van der Waals surface area contributed by atoms with Crippen LogP contribution in [-0.4, -0.2) is 22.6 Å². The zero-order chi connectivity index (χ0) is 15.0. The summed E-state index contributed by atoms with van der Waals surface area (Å²) < 4.78 is 27.0. The van der Waals surface area contributed by atoms with Gasteiger partial charge in [-0.05, 0) is 35.2 Å². The van der Waals surface area contributed by atoms with Gasteiger partial charge in [-0.25, -0.2) is 13.6 Å². The van der Waals surface area contributed by atoms with Crippen LogP contribution >= 0.6 is 0 Å². The first-order chi connectivity index (χ1) is 10.1. The Balaban J connectivity index is 2.17. The maximum Gasteiger partial charge on any atom is 0.408 e. The largest absolute Gasteiger partial charge is 0.465 e. The molecule has 0 saturated carbocycles. The lowest BCUT2D eigenvalue weighted by Crippen LogP contribution is -2.39. The lowest BCUT2D eigenvalue weighted by Gasteiger charge is -2.35. The van der Waals surface area contributed by atoms with Crippen molar-refractivity contribution >= 4 is 6.09 Å². The number of carboxylic acid groups (broad SMARTS) is 1. The van der Waals surface area contributed by atoms with E-state index in [1.165, 1.54) is 17.0 Å². The predicted octanol–water partition coefficient (Wildman–Crippen LogP) is 3.59. The average Bonchev–Trinajstić information content (AvgIpc) is 2.44. The summed E-state index contributed by atoms with van der Waals surface area (Å²) in [5.41, 5.74) is 2.09. The van der Waals surface area contributed by atoms with Gasteiger partial charge in [-0.2, -0.15) is 0 Å². The van der Waals surface area contributed by atoms with Crippen LogP contribution in [0.5, 0.6) is 0 Å². The molecule has 1 atom stereocenters. The van der Waals surface area contributed by atoms with Gasteiger partial charge in [-0.3, -0.25) is 4.90 Å². The monoisotopic (exact) mass is 289 g/mol. The molecule has 2 aromatic carbocycles. The molecule has 1 amide bonds. The van der Waals surface area contributed by atoms with Crippen LogP contribution in [0.25, 0.3) is 0 Å². The molecule has 1 aliphatic heterocycles. The van der Waals surface area contributed by atoms with E-state index >= 15 is 0 Å². The van der Waals surface area contributed by atoms with E-state index in [-0.39, 0.29) is 0 Å². The van der Waals surface area contributed by atoms with Gasteiger partial charge < -0.3 is 5.11 Å². The highest BCUT2D eigenvalue weighted by Gasteiger charge is 2.32. The number of nitrogens with zero attached hydrogens (tertiary/aromatic N) is 1. The molecule has 0 bridgehead atoms. The molecule has 0 fully saturated rings. The third-order valence-corrected chi connectivity index (χ3v) is 3.73. The highest BCUT2D eigenvalue weighted by atomic mass is 19.1. The molecular formula is C16H13F2NO2. The minimum absolute atomic E-state index is 0.301. The van der Waals surface area contributed by atoms with Gasteiger partial charge >= 0.3 is 6.09 Å². The number of rotatable bonds is 1. The molecule has 0 radical (unpaired) electrons. The quantitative estimate of drug-likeness (QED) is 0.871. The fraction of sp³-hybridized carbons (Fsp3) is 0.188. The molecule has 108 valence electrons. The van der Waals surface area contributed by atoms with E-state index in [0.717, 1.165) is 17.2 Å². The highest BCUT2D eigenvalue weighted by Crippen LogP contribution is 2.35. The maximum absolute atomic E-state index is 13.5. The second-order valence-electron chi connectivity index (χ2n) is 5.03. The number of halogens is 2. The maximum atomic E-state index is 13.5. The molecule has 1 unspecified atom stereocenters. The van der Waals surface area contributed by atoms with Gasteiger partial charge in [-0.15, -0.1) is 0 Å². The Morgan fingerprint density at radius 3 is 2.48 bits per heavy atom. The van der Waals surface area contributed by atoms with E-state index in [1.807, 2.05) is 12.1 Å². The van der Waals surface area contributed by atoms with E-state index < -0.39 is 23.8 Å². The summed E-state index contributed by atoms with van der Waals surface area (Å²) in [6, 6.07) is 9.86. The summed E-state index contributed by atoms with van der Waals surface area (Å²) in [4.78, 5) is 12.7. The standard InChI is InChI=1S/C16H13F2NO2/c17-12-7-11(8-13(18)9-12)15-14-4-2-1-3-10(14)5-6-19(15)16(20)21/h1-4,7-9,15H,5-6H2,(H,20,21). The van der Waals surface area contributed by atoms with Crippen LogP contribution < -0.4 is 0 Å². The minimum Gasteiger partial charge on any atom is -0.465 e. The lowest BCUT2D eigenvalue weighted by atomic mass is 9.88. The third kappa shape index (κ3) is 2.46. The first-order valence-electron chi connectivity index (χ1n) is 6.59. The van der Waals surface area contributed by atoms with E-state index in [2.05, 4.69) is 0 Å². The smallest absolute Gasteiger partial charge is 0.408 e. The van der Waals surface area contributed by atoms with E-state index in [9.17, 15) is 18.7 Å². The van der Waals surface area contributed by atoms with Crippen molar-refractivity contribution in [2.24, 2.45) is 0 Å². The van der Waals surface area contributed by atoms with Crippen molar-refractivity contribution in [3.63, 3.8) is 0 Å². The third-order valence-electron chi connectivity index (χ3n) is 3.73. The molecule has 3 nitrogen and oxygen atoms in total. The summed E-state index contributed by atoms with van der Waals surface area (Å²) in [5.74, 6) is -1.42. The van der Waals surface area contributed by atoms with Gasteiger partial charge in [-0.1, -0.05) is 24.3 Å². The molecule has 1 aliphatic rings. The normalized spacial score (nSPS) is 17.4. The summed E-state index contributed by atoms with van der Waals surface area (Å²) in [7, 11) is 0. The molecule has 3 rings (SSSR count). The zero-order valence-corrected chi connectivity index (χ0v) is 11.1. The van der Waals surface area contributed by atoms with Crippen molar-refractivity contribution in [2.45, 2.75) is 12.5 Å². The van der Waals surface area contributed by atoms with Gasteiger partial charge in [0.05, 0.1) is 6.04 Å². The zero-order valence-electron chi connectivity index (χ0n) is 11.1. The summed E-state index contributed by atoms with van der Waals surface area (Å²) in [5, 5.41) is 9.37. The fourth-order valence-corrected chi connectivity index (χ4v) is 2.87. The van der Waals surface area contributed by atoms with Gasteiger partial charge in [0.1, 0.15) is 11.6 Å². The molecule has 1 N–H and O–H groups in total. The average molecular weight is 289 g/mol. The van der Waals surface area contributed by atoms with Crippen LogP contribution in [0.1, 0.15) is 22.7 Å². The molecule has 0 spiro atoms. The Bertz CT molecular complexity index is 682. The molecule has 1 heterocycles. The lowest BCUT2D eigenvalue weighted by molar-refractivity contribution is 0.129. The molecule has 0 aromatic heterocycles. The van der Waals surface area contributed by atoms with Gasteiger partial charge in [0, 0.05) is 12.6 Å². The number of hydrogen-bond donors (Lipinski definition) is 1. The first kappa shape index (κ1) is 13.5. The molecule has 21 heavy (non-hydrogen) atoms. The molecular weight excluding hydrogens is 276 g/mol. The Morgan fingerprint density at radius 1 is 1.14 bits per heavy atom. The molecule has 0 saturated heterocycles. The Kier molecular flexibility index (Phi) is 3.33. The number of carbonyl (C=O) groups is 1. The molecule has 2 aromatic rings. The number of hydrogen-bond acceptors (Lipinski definition) is 1. The van der Waals surface area contributed by atoms with Crippen LogP contribution in [0.2, 0.25) is 0 Å². The van der Waals surface area contributed by atoms with Crippen molar-refractivity contribution in [3.05, 3.63) is 70.8 Å². The van der Waals surface area contributed by atoms with Crippen molar-refractivity contribution in [1.29, 1.82) is 0 Å². The fourth-order valence-electron chi connectivity index (χ4n) is 2.87. The SMILES string of the molecule is O=C(O)N1CCc2ccccc2C1c1cc(F)cc(F)c1. The Labute approximate surface area is 120 Å². The Morgan fingerprint density at radius 2 is 1.81 bits per heavy atom. The Hall–Kier alpha value is -2.43. The van der Waals surface area contributed by atoms with Gasteiger partial charge in [0.2, 0.25) is 0 Å². The van der Waals surface area contributed by atoms with E-state index in [1.54, 1.807) is 12.1 Å². The van der Waals surface area contributed by atoms with Crippen LogP contribution in [0.3, 0.4) is 0 Å². The van der Waals surface area contributed by atoms with Crippen LogP contribution in [0.4, 0.5) is 13.6 Å². The second kappa shape index (κ2) is 5.16. The van der Waals surface area contributed by atoms with Crippen molar-refractivity contribution < 1.29 is 18.7 Å². The van der Waals surface area contributed by atoms with E-state index in [0.29, 0.717) is 18.5 Å². The summed E-state index contributed by atoms with van der Waals surface area (Å²) in [6.45, 7) is 0.301. The van der Waals surface area contributed by atoms with E-state index in [4.69, 9.17) is 0 Å². The highest BCUT2D eigenvalue weighted by molar-refractivity contribution is 5.67. The summed E-state index contributed by atoms with van der Waals surface area (Å²) in [6.07, 6.45) is -0.504. The number of amides is 1. The molecule has 0 aliphatic carbocycles. The minimum atomic E-state index is -1.10. The van der Waals surface area contributed by atoms with Crippen molar-refractivity contribution in [1.82, 2.24) is 4.90 Å². The topological polar surface area (TPSA) is 40.5 Å². The van der Waals surface area contributed by atoms with Gasteiger partial charge in [0.25, 0.3) is 0 Å². The van der Waals surface area contributed by atoms with Gasteiger partial charge in [0.15, 0.2) is 0 Å². The number of benzene rings is 2. The van der Waals surface area contributed by atoms with Crippen LogP contribution in [0, 0.1) is 11.6 Å². The number of fused-ring (bicyclic) bond motifs is 1. The predicted molar refractivity (Wildman–Crippen MR) is 73.1 cm³/mol. The van der Waals surface area contributed by atoms with Crippen LogP contribution in [0.15, 0.2) is 42.5 Å².